The molecule has 0 amide bonds. The first kappa shape index (κ1) is 22.1. The minimum absolute atomic E-state index is 0.536. The topological polar surface area (TPSA) is 82.1 Å². The smallest absolute Gasteiger partial charge is 0.257 e. The van der Waals surface area contributed by atoms with Gasteiger partial charge >= 0.3 is 0 Å². The van der Waals surface area contributed by atoms with E-state index in [9.17, 15) is 0 Å². The molecule has 1 fully saturated rings. The highest BCUT2D eigenvalue weighted by molar-refractivity contribution is 7.98. The molecule has 4 aromatic rings. The number of anilines is 1. The van der Waals surface area contributed by atoms with Gasteiger partial charge in [-0.3, -0.25) is 4.57 Å². The van der Waals surface area contributed by atoms with Gasteiger partial charge in [0, 0.05) is 18.0 Å². The second kappa shape index (κ2) is 10.1. The Hall–Kier alpha value is -2.69. The standard InChI is InChI=1S/C23H26N6O2S2/c1-3-18-16(2)13-19(33-18)21-25-24-20(31-21)15-32-23-27-26-22(28-9-11-30-12-10-28)29(23)14-17-7-5-4-6-8-17/h4-8,13H,3,9-12,14-15H2,1-2H3. The molecule has 1 aliphatic rings. The lowest BCUT2D eigenvalue weighted by molar-refractivity contribution is 0.121. The summed E-state index contributed by atoms with van der Waals surface area (Å²) < 4.78 is 13.6. The Morgan fingerprint density at radius 3 is 2.64 bits per heavy atom. The molecule has 1 aliphatic heterocycles. The number of hydrogen-bond acceptors (Lipinski definition) is 9. The van der Waals surface area contributed by atoms with Crippen molar-refractivity contribution >= 4 is 29.0 Å². The van der Waals surface area contributed by atoms with Crippen molar-refractivity contribution in [3.8, 4) is 10.8 Å². The van der Waals surface area contributed by atoms with E-state index in [2.05, 4.69) is 74.0 Å². The van der Waals surface area contributed by atoms with Gasteiger partial charge in [-0.2, -0.15) is 0 Å². The maximum absolute atomic E-state index is 5.97. The van der Waals surface area contributed by atoms with E-state index in [1.807, 2.05) is 6.07 Å². The van der Waals surface area contributed by atoms with Gasteiger partial charge in [-0.15, -0.1) is 31.7 Å². The molecule has 33 heavy (non-hydrogen) atoms. The molecule has 8 nitrogen and oxygen atoms in total. The summed E-state index contributed by atoms with van der Waals surface area (Å²) in [6.07, 6.45) is 1.01. The van der Waals surface area contributed by atoms with Crippen LogP contribution in [0.4, 0.5) is 5.95 Å². The fourth-order valence-electron chi connectivity index (χ4n) is 3.80. The predicted molar refractivity (Wildman–Crippen MR) is 130 cm³/mol. The summed E-state index contributed by atoms with van der Waals surface area (Å²) in [5, 5.41) is 18.4. The van der Waals surface area contributed by atoms with Gasteiger partial charge in [-0.05, 0) is 30.5 Å². The van der Waals surface area contributed by atoms with Crippen LogP contribution in [0, 0.1) is 6.92 Å². The molecule has 0 unspecified atom stereocenters. The van der Waals surface area contributed by atoms with Crippen molar-refractivity contribution in [3.05, 3.63) is 58.3 Å². The SMILES string of the molecule is CCc1sc(-c2nnc(CSc3nnc(N4CCOCC4)n3Cc3ccccc3)o2)cc1C. The number of rotatable bonds is 8. The number of ether oxygens (including phenoxy) is 1. The number of thioether (sulfide) groups is 1. The fraction of sp³-hybridized carbons (Fsp3) is 0.391. The molecule has 1 saturated heterocycles. The van der Waals surface area contributed by atoms with Gasteiger partial charge in [0.15, 0.2) is 5.16 Å². The molecule has 1 aromatic carbocycles. The van der Waals surface area contributed by atoms with Crippen molar-refractivity contribution in [1.82, 2.24) is 25.0 Å². The molecule has 0 atom stereocenters. The predicted octanol–water partition coefficient (Wildman–Crippen LogP) is 4.44. The minimum Gasteiger partial charge on any atom is -0.419 e. The van der Waals surface area contributed by atoms with Crippen LogP contribution < -0.4 is 4.90 Å². The molecule has 0 aliphatic carbocycles. The first-order valence-corrected chi connectivity index (χ1v) is 12.9. The van der Waals surface area contributed by atoms with Crippen LogP contribution in [0.5, 0.6) is 0 Å². The lowest BCUT2D eigenvalue weighted by atomic mass is 10.2. The van der Waals surface area contributed by atoms with Gasteiger partial charge < -0.3 is 14.1 Å². The Morgan fingerprint density at radius 2 is 1.88 bits per heavy atom. The maximum Gasteiger partial charge on any atom is 0.257 e. The third-order valence-electron chi connectivity index (χ3n) is 5.52. The highest BCUT2D eigenvalue weighted by Gasteiger charge is 2.22. The molecule has 4 heterocycles. The molecule has 0 spiro atoms. The van der Waals surface area contributed by atoms with E-state index in [4.69, 9.17) is 9.15 Å². The zero-order valence-electron chi connectivity index (χ0n) is 18.7. The Morgan fingerprint density at radius 1 is 1.06 bits per heavy atom. The Kier molecular flexibility index (Phi) is 6.75. The largest absolute Gasteiger partial charge is 0.419 e. The van der Waals surface area contributed by atoms with Crippen molar-refractivity contribution in [1.29, 1.82) is 0 Å². The molecule has 10 heteroatoms. The molecule has 0 radical (unpaired) electrons. The summed E-state index contributed by atoms with van der Waals surface area (Å²) >= 11 is 3.28. The normalized spacial score (nSPS) is 14.2. The zero-order chi connectivity index (χ0) is 22.6. The molecule has 0 N–H and O–H groups in total. The Labute approximate surface area is 201 Å². The van der Waals surface area contributed by atoms with Crippen LogP contribution in [-0.2, 0) is 23.5 Å². The highest BCUT2D eigenvalue weighted by atomic mass is 32.2. The Balaban J connectivity index is 1.34. The zero-order valence-corrected chi connectivity index (χ0v) is 20.4. The first-order valence-electron chi connectivity index (χ1n) is 11.1. The molecule has 0 bridgehead atoms. The Bertz CT molecular complexity index is 1200. The summed E-state index contributed by atoms with van der Waals surface area (Å²) in [6.45, 7) is 8.01. The van der Waals surface area contributed by atoms with E-state index in [0.717, 1.165) is 35.5 Å². The second-order valence-electron chi connectivity index (χ2n) is 7.81. The van der Waals surface area contributed by atoms with E-state index >= 15 is 0 Å². The van der Waals surface area contributed by atoms with Crippen molar-refractivity contribution in [2.24, 2.45) is 0 Å². The summed E-state index contributed by atoms with van der Waals surface area (Å²) in [5.41, 5.74) is 2.48. The van der Waals surface area contributed by atoms with Crippen LogP contribution in [0.2, 0.25) is 0 Å². The van der Waals surface area contributed by atoms with Crippen LogP contribution in [0.3, 0.4) is 0 Å². The second-order valence-corrected chi connectivity index (χ2v) is 9.89. The number of nitrogens with zero attached hydrogens (tertiary/aromatic N) is 6. The lowest BCUT2D eigenvalue weighted by Gasteiger charge is -2.28. The monoisotopic (exact) mass is 482 g/mol. The summed E-state index contributed by atoms with van der Waals surface area (Å²) in [6, 6.07) is 12.5. The molecule has 3 aromatic heterocycles. The van der Waals surface area contributed by atoms with Gasteiger partial charge in [-0.1, -0.05) is 49.0 Å². The summed E-state index contributed by atoms with van der Waals surface area (Å²) in [4.78, 5) is 4.61. The number of benzene rings is 1. The van der Waals surface area contributed by atoms with Crippen molar-refractivity contribution in [3.63, 3.8) is 0 Å². The lowest BCUT2D eigenvalue weighted by Crippen LogP contribution is -2.38. The van der Waals surface area contributed by atoms with E-state index < -0.39 is 0 Å². The molecular weight excluding hydrogens is 456 g/mol. The fourth-order valence-corrected chi connectivity index (χ4v) is 5.61. The van der Waals surface area contributed by atoms with Gasteiger partial charge in [0.2, 0.25) is 11.8 Å². The van der Waals surface area contributed by atoms with E-state index in [1.54, 1.807) is 23.1 Å². The number of morpholine rings is 1. The number of aromatic nitrogens is 5. The quantitative estimate of drug-likeness (QED) is 0.341. The number of thiophene rings is 1. The van der Waals surface area contributed by atoms with Gasteiger partial charge in [-0.25, -0.2) is 0 Å². The van der Waals surface area contributed by atoms with Gasteiger partial charge in [0.05, 0.1) is 30.4 Å². The van der Waals surface area contributed by atoms with Crippen molar-refractivity contribution < 1.29 is 9.15 Å². The van der Waals surface area contributed by atoms with Gasteiger partial charge in [0.25, 0.3) is 5.89 Å². The van der Waals surface area contributed by atoms with Crippen LogP contribution in [-0.4, -0.2) is 51.3 Å². The third-order valence-corrected chi connectivity index (χ3v) is 7.84. The maximum atomic E-state index is 5.97. The molecule has 0 saturated carbocycles. The number of hydrogen-bond donors (Lipinski definition) is 0. The van der Waals surface area contributed by atoms with E-state index in [0.29, 0.717) is 37.3 Å². The van der Waals surface area contributed by atoms with Crippen LogP contribution in [0.25, 0.3) is 10.8 Å². The van der Waals surface area contributed by atoms with E-state index in [1.165, 1.54) is 16.0 Å². The van der Waals surface area contributed by atoms with Crippen LogP contribution in [0.1, 0.15) is 28.8 Å². The van der Waals surface area contributed by atoms with E-state index in [-0.39, 0.29) is 0 Å². The highest BCUT2D eigenvalue weighted by Crippen LogP contribution is 2.32. The van der Waals surface area contributed by atoms with Crippen LogP contribution in [0.15, 0.2) is 46.0 Å². The average molecular weight is 483 g/mol. The van der Waals surface area contributed by atoms with Crippen molar-refractivity contribution in [2.45, 2.75) is 37.7 Å². The molecular formula is C23H26N6O2S2. The molecule has 172 valence electrons. The first-order chi connectivity index (χ1) is 16.2. The van der Waals surface area contributed by atoms with Gasteiger partial charge in [0.1, 0.15) is 0 Å². The molecule has 5 rings (SSSR count). The third kappa shape index (κ3) is 4.97. The number of aryl methyl sites for hydroxylation is 2. The minimum atomic E-state index is 0.536. The van der Waals surface area contributed by atoms with Crippen molar-refractivity contribution in [2.75, 3.05) is 31.2 Å². The summed E-state index contributed by atoms with van der Waals surface area (Å²) in [5.74, 6) is 2.57. The average Bonchev–Trinajstić information content (AvgIpc) is 3.57. The van der Waals surface area contributed by atoms with Crippen LogP contribution >= 0.6 is 23.1 Å². The summed E-state index contributed by atoms with van der Waals surface area (Å²) in [7, 11) is 0.